The fourth-order valence-corrected chi connectivity index (χ4v) is 3.16. The maximum Gasteiger partial charge on any atom is 0.244 e. The number of carbonyl (C=O) groups is 1. The van der Waals surface area contributed by atoms with E-state index in [0.29, 0.717) is 0 Å². The number of amides is 1. The van der Waals surface area contributed by atoms with Crippen LogP contribution in [0.25, 0.3) is 27.9 Å². The summed E-state index contributed by atoms with van der Waals surface area (Å²) in [5.41, 5.74) is 2.26. The monoisotopic (exact) mass is 352 g/mol. The first-order valence-electron chi connectivity index (χ1n) is 8.74. The fourth-order valence-electron chi connectivity index (χ4n) is 3.16. The van der Waals surface area contributed by atoms with Crippen LogP contribution in [-0.4, -0.2) is 39.4 Å². The van der Waals surface area contributed by atoms with Crippen LogP contribution in [0.2, 0.25) is 0 Å². The summed E-state index contributed by atoms with van der Waals surface area (Å²) in [6.45, 7) is 3.95. The highest BCUT2D eigenvalue weighted by Gasteiger charge is 2.23. The van der Waals surface area contributed by atoms with E-state index < -0.39 is 5.54 Å². The number of aliphatic hydroxyl groups excluding tert-OH is 2. The fraction of sp³-hybridized carbons (Fsp3) is 0.286. The van der Waals surface area contributed by atoms with Crippen molar-refractivity contribution in [3.63, 3.8) is 0 Å². The Hall–Kier alpha value is -2.63. The second-order valence-corrected chi connectivity index (χ2v) is 6.74. The molecule has 26 heavy (non-hydrogen) atoms. The Bertz CT molecular complexity index is 968. The summed E-state index contributed by atoms with van der Waals surface area (Å²) in [5.74, 6) is -0.355. The van der Waals surface area contributed by atoms with Crippen molar-refractivity contribution < 1.29 is 15.0 Å². The number of hydrogen-bond acceptors (Lipinski definition) is 3. The van der Waals surface area contributed by atoms with Crippen LogP contribution in [0.15, 0.2) is 48.5 Å². The van der Waals surface area contributed by atoms with Crippen LogP contribution in [0.5, 0.6) is 0 Å². The van der Waals surface area contributed by atoms with E-state index in [1.807, 2.05) is 18.2 Å². The van der Waals surface area contributed by atoms with Crippen LogP contribution >= 0.6 is 0 Å². The number of para-hydroxylation sites is 1. The molecule has 0 aliphatic rings. The van der Waals surface area contributed by atoms with E-state index in [1.54, 1.807) is 13.0 Å². The van der Waals surface area contributed by atoms with Crippen molar-refractivity contribution in [1.29, 1.82) is 0 Å². The molecule has 1 aromatic heterocycles. The van der Waals surface area contributed by atoms with Crippen LogP contribution in [0.3, 0.4) is 0 Å². The highest BCUT2D eigenvalue weighted by atomic mass is 16.3. The van der Waals surface area contributed by atoms with Crippen molar-refractivity contribution in [3.05, 3.63) is 54.1 Å². The molecule has 5 heteroatoms. The molecule has 0 spiro atoms. The zero-order valence-corrected chi connectivity index (χ0v) is 15.1. The van der Waals surface area contributed by atoms with E-state index in [0.717, 1.165) is 17.5 Å². The lowest BCUT2D eigenvalue weighted by Gasteiger charge is -2.25. The van der Waals surface area contributed by atoms with Gasteiger partial charge in [0.05, 0.1) is 18.8 Å². The van der Waals surface area contributed by atoms with Crippen molar-refractivity contribution in [2.75, 3.05) is 13.2 Å². The third-order valence-corrected chi connectivity index (χ3v) is 4.66. The minimum Gasteiger partial charge on any atom is -0.394 e. The number of nitrogens with zero attached hydrogens (tertiary/aromatic N) is 1. The minimum absolute atomic E-state index is 0.328. The predicted molar refractivity (Wildman–Crippen MR) is 105 cm³/mol. The zero-order chi connectivity index (χ0) is 18.7. The maximum atomic E-state index is 12.1. The van der Waals surface area contributed by atoms with Gasteiger partial charge in [0.25, 0.3) is 0 Å². The normalized spacial score (nSPS) is 12.3. The lowest BCUT2D eigenvalue weighted by molar-refractivity contribution is -0.119. The predicted octanol–water partition coefficient (Wildman–Crippen LogP) is 2.69. The molecule has 2 aromatic carbocycles. The molecule has 0 saturated carbocycles. The largest absolute Gasteiger partial charge is 0.394 e. The number of nitrogens with one attached hydrogen (secondary N) is 1. The van der Waals surface area contributed by atoms with E-state index in [-0.39, 0.29) is 19.1 Å². The maximum absolute atomic E-state index is 12.1. The van der Waals surface area contributed by atoms with E-state index in [9.17, 15) is 15.0 Å². The van der Waals surface area contributed by atoms with Gasteiger partial charge in [-0.15, -0.1) is 0 Å². The molecule has 0 atom stereocenters. The Balaban J connectivity index is 1.92. The molecule has 1 heterocycles. The molecule has 3 rings (SSSR count). The Morgan fingerprint density at radius 2 is 1.81 bits per heavy atom. The first kappa shape index (κ1) is 18.2. The van der Waals surface area contributed by atoms with Gasteiger partial charge in [0, 0.05) is 34.4 Å². The topological polar surface area (TPSA) is 74.5 Å². The van der Waals surface area contributed by atoms with Crippen LogP contribution < -0.4 is 5.32 Å². The Kier molecular flexibility index (Phi) is 5.11. The van der Waals surface area contributed by atoms with Crippen molar-refractivity contribution >= 4 is 33.8 Å². The summed E-state index contributed by atoms with van der Waals surface area (Å²) in [5, 5.41) is 23.5. The first-order chi connectivity index (χ1) is 12.5. The zero-order valence-electron chi connectivity index (χ0n) is 15.1. The Morgan fingerprint density at radius 3 is 2.50 bits per heavy atom. The molecule has 3 aromatic rings. The molecule has 3 N–H and O–H groups in total. The Morgan fingerprint density at radius 1 is 1.12 bits per heavy atom. The highest BCUT2D eigenvalue weighted by molar-refractivity contribution is 6.08. The average Bonchev–Trinajstić information content (AvgIpc) is 2.99. The molecule has 0 aliphatic heterocycles. The van der Waals surface area contributed by atoms with Gasteiger partial charge >= 0.3 is 0 Å². The van der Waals surface area contributed by atoms with E-state index >= 15 is 0 Å². The summed E-state index contributed by atoms with van der Waals surface area (Å²) in [4.78, 5) is 12.1. The van der Waals surface area contributed by atoms with Gasteiger partial charge in [-0.1, -0.05) is 24.3 Å². The van der Waals surface area contributed by atoms with Crippen molar-refractivity contribution in [1.82, 2.24) is 9.88 Å². The van der Waals surface area contributed by atoms with E-state index in [1.165, 1.54) is 22.5 Å². The number of hydrogen-bond donors (Lipinski definition) is 3. The van der Waals surface area contributed by atoms with Crippen LogP contribution in [0.4, 0.5) is 0 Å². The molecule has 1 amide bonds. The minimum atomic E-state index is -1.03. The summed E-state index contributed by atoms with van der Waals surface area (Å²) < 4.78 is 2.28. The molecule has 136 valence electrons. The standard InChI is InChI=1S/C21H24N2O3/c1-3-23-18-7-5-4-6-16(18)17-12-15(8-10-19(17)23)9-11-20(26)22-21(2,13-24)14-25/h4-12,24-25H,3,13-14H2,1-2H3,(H,22,26)/b11-9+. The molecule has 0 fully saturated rings. The number of aryl methyl sites for hydroxylation is 1. The van der Waals surface area contributed by atoms with Gasteiger partial charge in [0.2, 0.25) is 5.91 Å². The number of rotatable bonds is 6. The van der Waals surface area contributed by atoms with Crippen LogP contribution in [0.1, 0.15) is 19.4 Å². The molecule has 5 nitrogen and oxygen atoms in total. The van der Waals surface area contributed by atoms with Gasteiger partial charge < -0.3 is 20.1 Å². The number of aliphatic hydroxyl groups is 2. The summed E-state index contributed by atoms with van der Waals surface area (Å²) >= 11 is 0. The highest BCUT2D eigenvalue weighted by Crippen LogP contribution is 2.29. The second-order valence-electron chi connectivity index (χ2n) is 6.74. The van der Waals surface area contributed by atoms with Crippen molar-refractivity contribution in [2.45, 2.75) is 25.9 Å². The molecular formula is C21H24N2O3. The second kappa shape index (κ2) is 7.32. The lowest BCUT2D eigenvalue weighted by Crippen LogP contribution is -2.51. The van der Waals surface area contributed by atoms with Gasteiger partial charge in [0.1, 0.15) is 0 Å². The summed E-state index contributed by atoms with van der Waals surface area (Å²) in [7, 11) is 0. The summed E-state index contributed by atoms with van der Waals surface area (Å²) in [6, 6.07) is 14.4. The van der Waals surface area contributed by atoms with Gasteiger partial charge in [-0.25, -0.2) is 0 Å². The molecular weight excluding hydrogens is 328 g/mol. The van der Waals surface area contributed by atoms with Crippen LogP contribution in [0, 0.1) is 0 Å². The molecule has 0 bridgehead atoms. The van der Waals surface area contributed by atoms with Gasteiger partial charge in [0.15, 0.2) is 0 Å². The third kappa shape index (κ3) is 3.36. The Labute approximate surface area is 152 Å². The number of fused-ring (bicyclic) bond motifs is 3. The number of carbonyl (C=O) groups excluding carboxylic acids is 1. The van der Waals surface area contributed by atoms with Crippen LogP contribution in [-0.2, 0) is 11.3 Å². The lowest BCUT2D eigenvalue weighted by atomic mass is 10.1. The number of aromatic nitrogens is 1. The van der Waals surface area contributed by atoms with Gasteiger partial charge in [-0.3, -0.25) is 4.79 Å². The molecule has 0 radical (unpaired) electrons. The average molecular weight is 352 g/mol. The number of benzene rings is 2. The van der Waals surface area contributed by atoms with E-state index in [4.69, 9.17) is 0 Å². The van der Waals surface area contributed by atoms with E-state index in [2.05, 4.69) is 41.1 Å². The molecule has 0 saturated heterocycles. The quantitative estimate of drug-likeness (QED) is 0.597. The first-order valence-corrected chi connectivity index (χ1v) is 8.74. The van der Waals surface area contributed by atoms with Crippen molar-refractivity contribution in [2.24, 2.45) is 0 Å². The smallest absolute Gasteiger partial charge is 0.244 e. The third-order valence-electron chi connectivity index (χ3n) is 4.66. The molecule has 0 unspecified atom stereocenters. The van der Waals surface area contributed by atoms with Gasteiger partial charge in [-0.2, -0.15) is 0 Å². The van der Waals surface area contributed by atoms with Crippen molar-refractivity contribution in [3.8, 4) is 0 Å². The SMILES string of the molecule is CCn1c2ccccc2c2cc(/C=C/C(=O)NC(C)(CO)CO)ccc21. The van der Waals surface area contributed by atoms with Gasteiger partial charge in [-0.05, 0) is 43.7 Å². The summed E-state index contributed by atoms with van der Waals surface area (Å²) in [6.07, 6.45) is 3.16. The molecule has 0 aliphatic carbocycles.